The molecule has 2 aliphatic carbocycles. The minimum atomic E-state index is -0.499. The fourth-order valence-electron chi connectivity index (χ4n) is 4.08. The smallest absolute Gasteiger partial charge is 0.312 e. The number of nitrogens with one attached hydrogen (secondary N) is 2. The van der Waals surface area contributed by atoms with Crippen molar-refractivity contribution in [3.05, 3.63) is 0 Å². The van der Waals surface area contributed by atoms with Crippen molar-refractivity contribution in [2.45, 2.75) is 65.7 Å². The largest absolute Gasteiger partial charge is 0.352 e. The number of hydrazone groups is 1. The molecule has 3 amide bonds. The third-order valence-corrected chi connectivity index (χ3v) is 6.21. The van der Waals surface area contributed by atoms with Crippen LogP contribution in [0.3, 0.4) is 0 Å². The first kappa shape index (κ1) is 17.8. The Bertz CT molecular complexity index is 501. The van der Waals surface area contributed by atoms with Crippen LogP contribution in [0.1, 0.15) is 65.7 Å². The maximum absolute atomic E-state index is 11.9. The van der Waals surface area contributed by atoms with Crippen molar-refractivity contribution in [3.63, 3.8) is 0 Å². The first-order valence-electron chi connectivity index (χ1n) is 8.66. The molecule has 0 aromatic carbocycles. The molecule has 2 fully saturated rings. The number of hydrogen-bond donors (Lipinski definition) is 3. The van der Waals surface area contributed by atoms with Crippen molar-refractivity contribution >= 4 is 17.6 Å². The molecular formula is C17H30N4O2. The zero-order valence-electron chi connectivity index (χ0n) is 14.6. The van der Waals surface area contributed by atoms with E-state index in [4.69, 9.17) is 5.73 Å². The Kier molecular flexibility index (Phi) is 5.32. The Morgan fingerprint density at radius 1 is 1.26 bits per heavy atom. The summed E-state index contributed by atoms with van der Waals surface area (Å²) in [5.74, 6) is 0.672. The normalized spacial score (nSPS) is 29.7. The van der Waals surface area contributed by atoms with E-state index in [2.05, 4.69) is 36.6 Å². The van der Waals surface area contributed by atoms with Crippen molar-refractivity contribution in [2.75, 3.05) is 6.54 Å². The van der Waals surface area contributed by atoms with Crippen molar-refractivity contribution in [1.29, 1.82) is 0 Å². The van der Waals surface area contributed by atoms with E-state index < -0.39 is 6.03 Å². The molecule has 4 N–H and O–H groups in total. The predicted octanol–water partition coefficient (Wildman–Crippen LogP) is 2.53. The average molecular weight is 322 g/mol. The number of urea groups is 1. The highest BCUT2D eigenvalue weighted by Gasteiger charge is 2.59. The molecule has 0 aromatic rings. The van der Waals surface area contributed by atoms with E-state index in [0.29, 0.717) is 18.9 Å². The van der Waals surface area contributed by atoms with Gasteiger partial charge in [-0.25, -0.2) is 10.2 Å². The second-order valence-corrected chi connectivity index (χ2v) is 7.69. The van der Waals surface area contributed by atoms with E-state index in [1.165, 1.54) is 12.8 Å². The molecule has 0 heterocycles. The summed E-state index contributed by atoms with van der Waals surface area (Å²) in [6.07, 6.45) is 6.44. The number of carbonyl (C=O) groups excluding carboxylic acids is 2. The minimum Gasteiger partial charge on any atom is -0.352 e. The summed E-state index contributed by atoms with van der Waals surface area (Å²) in [4.78, 5) is 22.4. The van der Waals surface area contributed by atoms with Gasteiger partial charge in [0.2, 0.25) is 5.91 Å². The van der Waals surface area contributed by atoms with Crippen LogP contribution >= 0.6 is 0 Å². The number of rotatable bonds is 7. The summed E-state index contributed by atoms with van der Waals surface area (Å²) >= 11 is 0. The SMILES string of the molecule is CC1(C)[C@H]2CC[C@@]1(C)/C(=N/NC(=O)CCCCCNC(N)=O)C2. The topological polar surface area (TPSA) is 96.6 Å². The lowest BCUT2D eigenvalue weighted by Gasteiger charge is -2.34. The average Bonchev–Trinajstić information content (AvgIpc) is 2.81. The molecule has 2 aliphatic rings. The van der Waals surface area contributed by atoms with Gasteiger partial charge in [0, 0.05) is 24.1 Å². The summed E-state index contributed by atoms with van der Waals surface area (Å²) in [5.41, 5.74) is 9.30. The molecule has 23 heavy (non-hydrogen) atoms. The minimum absolute atomic E-state index is 0.0236. The van der Waals surface area contributed by atoms with E-state index in [0.717, 1.165) is 31.4 Å². The van der Waals surface area contributed by atoms with Gasteiger partial charge in [0.25, 0.3) is 0 Å². The van der Waals surface area contributed by atoms with Crippen LogP contribution in [0.25, 0.3) is 0 Å². The third-order valence-electron chi connectivity index (χ3n) is 6.21. The van der Waals surface area contributed by atoms with Crippen LogP contribution < -0.4 is 16.5 Å². The zero-order valence-corrected chi connectivity index (χ0v) is 14.6. The van der Waals surface area contributed by atoms with Gasteiger partial charge in [-0.2, -0.15) is 5.10 Å². The highest BCUT2D eigenvalue weighted by molar-refractivity contribution is 5.95. The Morgan fingerprint density at radius 3 is 2.57 bits per heavy atom. The lowest BCUT2D eigenvalue weighted by Crippen LogP contribution is -2.34. The molecule has 0 aliphatic heterocycles. The molecule has 2 bridgehead atoms. The molecule has 0 saturated heterocycles. The lowest BCUT2D eigenvalue weighted by atomic mass is 9.70. The van der Waals surface area contributed by atoms with Gasteiger partial charge in [-0.3, -0.25) is 4.79 Å². The first-order valence-corrected chi connectivity index (χ1v) is 8.66. The number of nitrogens with zero attached hydrogens (tertiary/aromatic N) is 1. The number of amides is 3. The molecule has 2 rings (SSSR count). The van der Waals surface area contributed by atoms with Crippen LogP contribution in [0.15, 0.2) is 5.10 Å². The van der Waals surface area contributed by atoms with Crippen molar-refractivity contribution < 1.29 is 9.59 Å². The highest BCUT2D eigenvalue weighted by atomic mass is 16.2. The quantitative estimate of drug-likeness (QED) is 0.496. The number of unbranched alkanes of at least 4 members (excludes halogenated alkanes) is 2. The Morgan fingerprint density at radius 2 is 2.00 bits per heavy atom. The molecular weight excluding hydrogens is 292 g/mol. The molecule has 130 valence electrons. The highest BCUT2D eigenvalue weighted by Crippen LogP contribution is 2.63. The number of nitrogens with two attached hydrogens (primary N) is 1. The fourth-order valence-corrected chi connectivity index (χ4v) is 4.08. The molecule has 0 aromatic heterocycles. The van der Waals surface area contributed by atoms with Crippen LogP contribution in [-0.2, 0) is 4.79 Å². The summed E-state index contributed by atoms with van der Waals surface area (Å²) in [6, 6.07) is -0.499. The molecule has 6 heteroatoms. The zero-order chi connectivity index (χ0) is 17.1. The number of fused-ring (bicyclic) bond motifs is 2. The predicted molar refractivity (Wildman–Crippen MR) is 90.9 cm³/mol. The molecule has 2 atom stereocenters. The van der Waals surface area contributed by atoms with E-state index in [-0.39, 0.29) is 16.7 Å². The second kappa shape index (κ2) is 6.89. The molecule has 0 radical (unpaired) electrons. The van der Waals surface area contributed by atoms with E-state index in [9.17, 15) is 9.59 Å². The van der Waals surface area contributed by atoms with Crippen molar-refractivity contribution in [1.82, 2.24) is 10.7 Å². The first-order chi connectivity index (χ1) is 10.8. The Labute approximate surface area is 138 Å². The van der Waals surface area contributed by atoms with E-state index >= 15 is 0 Å². The Balaban J connectivity index is 1.70. The lowest BCUT2D eigenvalue weighted by molar-refractivity contribution is -0.121. The van der Waals surface area contributed by atoms with Gasteiger partial charge in [0.15, 0.2) is 0 Å². The Hall–Kier alpha value is -1.59. The van der Waals surface area contributed by atoms with Gasteiger partial charge in [-0.15, -0.1) is 0 Å². The van der Waals surface area contributed by atoms with Crippen LogP contribution in [0.4, 0.5) is 4.79 Å². The van der Waals surface area contributed by atoms with Gasteiger partial charge in [0.1, 0.15) is 0 Å². The van der Waals surface area contributed by atoms with Gasteiger partial charge in [-0.05, 0) is 43.4 Å². The third kappa shape index (κ3) is 3.67. The van der Waals surface area contributed by atoms with Gasteiger partial charge >= 0.3 is 6.03 Å². The molecule has 0 unspecified atom stereocenters. The number of hydrogen-bond acceptors (Lipinski definition) is 3. The molecule has 0 spiro atoms. The molecule has 2 saturated carbocycles. The van der Waals surface area contributed by atoms with Crippen molar-refractivity contribution in [3.8, 4) is 0 Å². The van der Waals surface area contributed by atoms with E-state index in [1.807, 2.05) is 0 Å². The summed E-state index contributed by atoms with van der Waals surface area (Å²) in [5, 5.41) is 6.99. The fraction of sp³-hybridized carbons (Fsp3) is 0.824. The van der Waals surface area contributed by atoms with Gasteiger partial charge < -0.3 is 11.1 Å². The van der Waals surface area contributed by atoms with Crippen LogP contribution in [0, 0.1) is 16.7 Å². The number of carbonyl (C=O) groups is 2. The monoisotopic (exact) mass is 322 g/mol. The number of primary amides is 1. The van der Waals surface area contributed by atoms with Gasteiger partial charge in [0.05, 0.1) is 0 Å². The second-order valence-electron chi connectivity index (χ2n) is 7.69. The molecule has 6 nitrogen and oxygen atoms in total. The summed E-state index contributed by atoms with van der Waals surface area (Å²) in [7, 11) is 0. The maximum atomic E-state index is 11.9. The maximum Gasteiger partial charge on any atom is 0.312 e. The summed E-state index contributed by atoms with van der Waals surface area (Å²) in [6.45, 7) is 7.51. The van der Waals surface area contributed by atoms with Gasteiger partial charge in [-0.1, -0.05) is 27.2 Å². The standard InChI is InChI=1S/C17H30N4O2/c1-16(2)12-8-9-17(16,3)13(11-12)20-21-14(22)7-5-4-6-10-19-15(18)23/h12H,4-11H2,1-3H3,(H,21,22)(H3,18,19,23)/b20-13+/t12-,17-/m0/s1. The summed E-state index contributed by atoms with van der Waals surface area (Å²) < 4.78 is 0. The van der Waals surface area contributed by atoms with E-state index in [1.54, 1.807) is 0 Å². The van der Waals surface area contributed by atoms with Crippen LogP contribution in [-0.4, -0.2) is 24.2 Å². The van der Waals surface area contributed by atoms with Crippen LogP contribution in [0.2, 0.25) is 0 Å². The van der Waals surface area contributed by atoms with Crippen LogP contribution in [0.5, 0.6) is 0 Å². The van der Waals surface area contributed by atoms with Crippen molar-refractivity contribution in [2.24, 2.45) is 27.6 Å².